The average Bonchev–Trinajstić information content (AvgIpc) is 2.73. The van der Waals surface area contributed by atoms with Crippen molar-refractivity contribution in [2.45, 2.75) is 88.0 Å². The third kappa shape index (κ3) is 26.4. The highest BCUT2D eigenvalue weighted by atomic mass is 16.5. The smallest absolute Gasteiger partial charge is 0.308 e. The summed E-state index contributed by atoms with van der Waals surface area (Å²) < 4.78 is 4.97. The standard InChI is InChI=1S/C15H20O2.C4H10.2C2H6.CH2O/c1-4-12(2)6-5-7-14-8-10-15(11-9-14)17-13(3)16;1-3-4-2;3*1-2/h5,7-12H,4,6H2,1-3H3;3-4H2,1-2H3;2*1-2H3;1H2/b7-5+;;;;. The van der Waals surface area contributed by atoms with Gasteiger partial charge in [0, 0.05) is 6.92 Å². The molecule has 0 fully saturated rings. The van der Waals surface area contributed by atoms with Crippen molar-refractivity contribution in [3.8, 4) is 5.75 Å². The third-order valence-electron chi connectivity index (χ3n) is 3.19. The molecule has 1 unspecified atom stereocenters. The van der Waals surface area contributed by atoms with Crippen LogP contribution in [0.1, 0.15) is 93.6 Å². The van der Waals surface area contributed by atoms with Crippen LogP contribution in [0, 0.1) is 5.92 Å². The van der Waals surface area contributed by atoms with Gasteiger partial charge in [0.25, 0.3) is 0 Å². The lowest BCUT2D eigenvalue weighted by Gasteiger charge is -2.03. The number of benzene rings is 1. The number of hydrogen-bond donors (Lipinski definition) is 0. The van der Waals surface area contributed by atoms with Crippen molar-refractivity contribution in [1.82, 2.24) is 0 Å². The van der Waals surface area contributed by atoms with Crippen LogP contribution < -0.4 is 4.74 Å². The number of esters is 1. The molecule has 1 aromatic carbocycles. The fraction of sp³-hybridized carbons (Fsp3) is 0.583. The molecule has 0 radical (unpaired) electrons. The van der Waals surface area contributed by atoms with Gasteiger partial charge in [-0.05, 0) is 30.0 Å². The summed E-state index contributed by atoms with van der Waals surface area (Å²) in [5, 5.41) is 0. The van der Waals surface area contributed by atoms with Crippen LogP contribution in [0.3, 0.4) is 0 Å². The van der Waals surface area contributed by atoms with Crippen LogP contribution in [-0.2, 0) is 9.59 Å². The average molecular weight is 381 g/mol. The maximum atomic E-state index is 10.7. The molecule has 0 aliphatic heterocycles. The van der Waals surface area contributed by atoms with Crippen LogP contribution in [0.15, 0.2) is 30.3 Å². The zero-order chi connectivity index (χ0) is 22.1. The molecule has 0 aliphatic rings. The molecule has 1 rings (SSSR count). The van der Waals surface area contributed by atoms with E-state index in [0.717, 1.165) is 17.9 Å². The zero-order valence-electron chi connectivity index (χ0n) is 19.3. The van der Waals surface area contributed by atoms with Crippen LogP contribution in [0.25, 0.3) is 6.08 Å². The molecule has 27 heavy (non-hydrogen) atoms. The van der Waals surface area contributed by atoms with Gasteiger partial charge in [-0.3, -0.25) is 4.79 Å². The summed E-state index contributed by atoms with van der Waals surface area (Å²) >= 11 is 0. The summed E-state index contributed by atoms with van der Waals surface area (Å²) in [6.07, 6.45) is 9.23. The number of rotatable bonds is 6. The molecule has 0 heterocycles. The van der Waals surface area contributed by atoms with E-state index in [1.165, 1.54) is 26.2 Å². The lowest BCUT2D eigenvalue weighted by Crippen LogP contribution is -2.00. The molecule has 0 spiro atoms. The molecule has 1 aromatic rings. The van der Waals surface area contributed by atoms with Crippen molar-refractivity contribution < 1.29 is 14.3 Å². The first-order valence-electron chi connectivity index (χ1n) is 10.3. The highest BCUT2D eigenvalue weighted by molar-refractivity contribution is 5.69. The van der Waals surface area contributed by atoms with Crippen molar-refractivity contribution in [1.29, 1.82) is 0 Å². The van der Waals surface area contributed by atoms with Gasteiger partial charge in [-0.25, -0.2) is 0 Å². The van der Waals surface area contributed by atoms with Crippen LogP contribution >= 0.6 is 0 Å². The maximum absolute atomic E-state index is 10.7. The van der Waals surface area contributed by atoms with E-state index in [1.807, 2.05) is 58.7 Å². The largest absolute Gasteiger partial charge is 0.427 e. The minimum Gasteiger partial charge on any atom is -0.427 e. The molecule has 3 heteroatoms. The summed E-state index contributed by atoms with van der Waals surface area (Å²) in [7, 11) is 0. The van der Waals surface area contributed by atoms with Crippen molar-refractivity contribution >= 4 is 18.8 Å². The van der Waals surface area contributed by atoms with Gasteiger partial charge in [0.2, 0.25) is 0 Å². The fourth-order valence-electron chi connectivity index (χ4n) is 1.42. The Hall–Kier alpha value is -1.90. The molecule has 0 bridgehead atoms. The van der Waals surface area contributed by atoms with Gasteiger partial charge in [0.05, 0.1) is 0 Å². The van der Waals surface area contributed by atoms with Crippen molar-refractivity contribution in [3.63, 3.8) is 0 Å². The maximum Gasteiger partial charge on any atom is 0.308 e. The highest BCUT2D eigenvalue weighted by Gasteiger charge is 1.97. The Kier molecular flexibility index (Phi) is 35.0. The molecule has 3 nitrogen and oxygen atoms in total. The quantitative estimate of drug-likeness (QED) is 0.374. The fourth-order valence-corrected chi connectivity index (χ4v) is 1.42. The second kappa shape index (κ2) is 28.9. The molecular weight excluding hydrogens is 336 g/mol. The van der Waals surface area contributed by atoms with E-state index < -0.39 is 0 Å². The Morgan fingerprint density at radius 1 is 1.00 bits per heavy atom. The van der Waals surface area contributed by atoms with E-state index in [9.17, 15) is 4.79 Å². The van der Waals surface area contributed by atoms with E-state index in [0.29, 0.717) is 5.75 Å². The molecule has 0 aliphatic carbocycles. The van der Waals surface area contributed by atoms with Gasteiger partial charge in [-0.2, -0.15) is 0 Å². The van der Waals surface area contributed by atoms with E-state index in [2.05, 4.69) is 39.8 Å². The van der Waals surface area contributed by atoms with E-state index in [-0.39, 0.29) is 5.97 Å². The van der Waals surface area contributed by atoms with Gasteiger partial charge in [-0.1, -0.05) is 98.9 Å². The number of carbonyl (C=O) groups is 2. The normalized spacial score (nSPS) is 9.67. The van der Waals surface area contributed by atoms with Gasteiger partial charge < -0.3 is 9.53 Å². The number of allylic oxidation sites excluding steroid dienone is 1. The van der Waals surface area contributed by atoms with Crippen LogP contribution in [-0.4, -0.2) is 12.8 Å². The van der Waals surface area contributed by atoms with Crippen molar-refractivity contribution in [3.05, 3.63) is 35.9 Å². The van der Waals surface area contributed by atoms with Gasteiger partial charge >= 0.3 is 5.97 Å². The summed E-state index contributed by atoms with van der Waals surface area (Å²) in [6.45, 7) is 20.2. The molecule has 0 aromatic heterocycles. The SMILES string of the molecule is C=O.CC.CC.CCC(C)C/C=C/c1ccc(OC(C)=O)cc1.CCCC. The lowest BCUT2D eigenvalue weighted by atomic mass is 10.0. The van der Waals surface area contributed by atoms with E-state index >= 15 is 0 Å². The van der Waals surface area contributed by atoms with E-state index in [1.54, 1.807) is 0 Å². The second-order valence-corrected chi connectivity index (χ2v) is 5.31. The molecule has 0 saturated heterocycles. The molecule has 0 N–H and O–H groups in total. The number of carbonyl (C=O) groups excluding carboxylic acids is 2. The Labute approximate surface area is 169 Å². The number of hydrogen-bond acceptors (Lipinski definition) is 3. The van der Waals surface area contributed by atoms with Crippen molar-refractivity contribution in [2.75, 3.05) is 0 Å². The van der Waals surface area contributed by atoms with Gasteiger partial charge in [0.15, 0.2) is 0 Å². The Bertz CT molecular complexity index is 420. The predicted molar refractivity (Wildman–Crippen MR) is 121 cm³/mol. The molecule has 158 valence electrons. The second-order valence-electron chi connectivity index (χ2n) is 5.31. The Morgan fingerprint density at radius 2 is 1.44 bits per heavy atom. The Morgan fingerprint density at radius 3 is 1.78 bits per heavy atom. The Balaban J connectivity index is -0.000000224. The molecule has 1 atom stereocenters. The van der Waals surface area contributed by atoms with Crippen LogP contribution in [0.4, 0.5) is 0 Å². The molecule has 0 saturated carbocycles. The van der Waals surface area contributed by atoms with Gasteiger partial charge in [0.1, 0.15) is 12.5 Å². The topological polar surface area (TPSA) is 43.4 Å². The number of ether oxygens (including phenoxy) is 1. The minimum atomic E-state index is -0.287. The first-order valence-corrected chi connectivity index (χ1v) is 10.3. The van der Waals surface area contributed by atoms with Crippen LogP contribution in [0.2, 0.25) is 0 Å². The monoisotopic (exact) mass is 380 g/mol. The third-order valence-corrected chi connectivity index (χ3v) is 3.19. The first-order chi connectivity index (χ1) is 13.0. The summed E-state index contributed by atoms with van der Waals surface area (Å²) in [6, 6.07) is 7.52. The summed E-state index contributed by atoms with van der Waals surface area (Å²) in [5.41, 5.74) is 1.13. The molecule has 0 amide bonds. The highest BCUT2D eigenvalue weighted by Crippen LogP contribution is 2.14. The minimum absolute atomic E-state index is 0.287. The number of unbranched alkanes of at least 4 members (excludes halogenated alkanes) is 1. The summed E-state index contributed by atoms with van der Waals surface area (Å²) in [5.74, 6) is 1.04. The lowest BCUT2D eigenvalue weighted by molar-refractivity contribution is -0.131. The summed E-state index contributed by atoms with van der Waals surface area (Å²) in [4.78, 5) is 18.7. The first kappa shape index (κ1) is 32.7. The molecular formula is C24H44O3. The van der Waals surface area contributed by atoms with Crippen molar-refractivity contribution in [2.24, 2.45) is 5.92 Å². The van der Waals surface area contributed by atoms with E-state index in [4.69, 9.17) is 9.53 Å². The van der Waals surface area contributed by atoms with Crippen LogP contribution in [0.5, 0.6) is 5.75 Å². The van der Waals surface area contributed by atoms with Gasteiger partial charge in [-0.15, -0.1) is 0 Å². The predicted octanol–water partition coefficient (Wildman–Crippen LogP) is 7.74. The zero-order valence-corrected chi connectivity index (χ0v) is 19.3.